The third-order valence-electron chi connectivity index (χ3n) is 4.55. The lowest BCUT2D eigenvalue weighted by Crippen LogP contribution is -2.27. The molecule has 0 fully saturated rings. The minimum Gasteiger partial charge on any atom is -0.383 e. The van der Waals surface area contributed by atoms with E-state index in [1.165, 1.54) is 12.1 Å². The maximum Gasteiger partial charge on any atom is 0.225 e. The van der Waals surface area contributed by atoms with Crippen LogP contribution < -0.4 is 10.6 Å². The average Bonchev–Trinajstić information content (AvgIpc) is 3.19. The maximum atomic E-state index is 13.3. The van der Waals surface area contributed by atoms with Crippen molar-refractivity contribution in [3.8, 4) is 16.9 Å². The number of amides is 2. The van der Waals surface area contributed by atoms with Crippen LogP contribution in [-0.4, -0.2) is 41.9 Å². The maximum absolute atomic E-state index is 13.3. The van der Waals surface area contributed by atoms with Crippen LogP contribution in [0.25, 0.3) is 16.9 Å². The Morgan fingerprint density at radius 3 is 2.45 bits per heavy atom. The summed E-state index contributed by atoms with van der Waals surface area (Å²) in [5.74, 6) is -0.228. The van der Waals surface area contributed by atoms with E-state index in [1.807, 2.05) is 30.3 Å². The van der Waals surface area contributed by atoms with Crippen LogP contribution >= 0.6 is 0 Å². The number of carbonyl (C=O) groups excluding carboxylic acids is 2. The predicted molar refractivity (Wildman–Crippen MR) is 116 cm³/mol. The minimum atomic E-state index is -0.353. The Balaban J connectivity index is 1.69. The second-order valence-electron chi connectivity index (χ2n) is 6.91. The van der Waals surface area contributed by atoms with Crippen molar-refractivity contribution in [2.75, 3.05) is 25.6 Å². The second-order valence-corrected chi connectivity index (χ2v) is 6.91. The first-order valence-electron chi connectivity index (χ1n) is 10.0. The molecule has 0 aliphatic carbocycles. The zero-order chi connectivity index (χ0) is 22.1. The van der Waals surface area contributed by atoms with Crippen LogP contribution in [0.1, 0.15) is 19.3 Å². The molecule has 3 rings (SSSR count). The highest BCUT2D eigenvalue weighted by molar-refractivity contribution is 5.91. The van der Waals surface area contributed by atoms with Crippen LogP contribution in [0, 0.1) is 5.82 Å². The molecule has 162 valence electrons. The Bertz CT molecular complexity index is 1000. The Kier molecular flexibility index (Phi) is 7.89. The fraction of sp³-hybridized carbons (Fsp3) is 0.261. The number of rotatable bonds is 10. The fourth-order valence-electron chi connectivity index (χ4n) is 2.99. The van der Waals surface area contributed by atoms with Crippen molar-refractivity contribution in [1.82, 2.24) is 15.1 Å². The van der Waals surface area contributed by atoms with Crippen molar-refractivity contribution in [3.63, 3.8) is 0 Å². The molecule has 3 aromatic rings. The molecule has 2 N–H and O–H groups in total. The van der Waals surface area contributed by atoms with Gasteiger partial charge in [0.25, 0.3) is 0 Å². The van der Waals surface area contributed by atoms with Gasteiger partial charge in [-0.1, -0.05) is 30.3 Å². The summed E-state index contributed by atoms with van der Waals surface area (Å²) in [6.45, 7) is 0.893. The lowest BCUT2D eigenvalue weighted by molar-refractivity contribution is -0.121. The highest BCUT2D eigenvalue weighted by Gasteiger charge is 2.14. The van der Waals surface area contributed by atoms with Crippen molar-refractivity contribution in [1.29, 1.82) is 0 Å². The van der Waals surface area contributed by atoms with E-state index in [0.29, 0.717) is 36.8 Å². The number of halogens is 1. The normalized spacial score (nSPS) is 10.6. The standard InChI is InChI=1S/C23H25FN4O3/c1-31-15-14-25-22(29)8-5-9-23(30)26-21-16-20(17-6-3-2-4-7-17)27-28(21)19-12-10-18(24)11-13-19/h2-4,6-7,10-13,16H,5,8-9,14-15H2,1H3,(H,25,29)(H,26,30). The molecule has 7 nitrogen and oxygen atoms in total. The van der Waals surface area contributed by atoms with Gasteiger partial charge in [-0.05, 0) is 30.7 Å². The van der Waals surface area contributed by atoms with Gasteiger partial charge in [0.15, 0.2) is 0 Å². The van der Waals surface area contributed by atoms with Gasteiger partial charge in [0.2, 0.25) is 11.8 Å². The molecule has 0 aliphatic heterocycles. The SMILES string of the molecule is COCCNC(=O)CCCC(=O)Nc1cc(-c2ccccc2)nn1-c1ccc(F)cc1. The molecule has 0 atom stereocenters. The zero-order valence-corrected chi connectivity index (χ0v) is 17.3. The first-order valence-corrected chi connectivity index (χ1v) is 10.0. The molecule has 31 heavy (non-hydrogen) atoms. The number of carbonyl (C=O) groups is 2. The molecule has 0 saturated carbocycles. The molecule has 0 spiro atoms. The molecule has 0 saturated heterocycles. The number of hydrogen-bond donors (Lipinski definition) is 2. The highest BCUT2D eigenvalue weighted by atomic mass is 19.1. The first-order chi connectivity index (χ1) is 15.1. The topological polar surface area (TPSA) is 85.2 Å². The number of aromatic nitrogens is 2. The van der Waals surface area contributed by atoms with Gasteiger partial charge >= 0.3 is 0 Å². The minimum absolute atomic E-state index is 0.118. The monoisotopic (exact) mass is 424 g/mol. The van der Waals surface area contributed by atoms with Gasteiger partial charge in [0.1, 0.15) is 11.6 Å². The van der Waals surface area contributed by atoms with Crippen LogP contribution in [-0.2, 0) is 14.3 Å². The Hall–Kier alpha value is -3.52. The van der Waals surface area contributed by atoms with E-state index in [2.05, 4.69) is 15.7 Å². The van der Waals surface area contributed by atoms with Gasteiger partial charge in [-0.2, -0.15) is 5.10 Å². The number of ether oxygens (including phenoxy) is 1. The summed E-state index contributed by atoms with van der Waals surface area (Å²) in [7, 11) is 1.57. The molecular weight excluding hydrogens is 399 g/mol. The van der Waals surface area contributed by atoms with E-state index in [1.54, 1.807) is 30.0 Å². The summed E-state index contributed by atoms with van der Waals surface area (Å²) < 4.78 is 19.8. The van der Waals surface area contributed by atoms with E-state index in [9.17, 15) is 14.0 Å². The van der Waals surface area contributed by atoms with E-state index in [-0.39, 0.29) is 30.5 Å². The molecule has 2 amide bonds. The Labute approximate surface area is 180 Å². The lowest BCUT2D eigenvalue weighted by atomic mass is 10.1. The van der Waals surface area contributed by atoms with Gasteiger partial charge in [0.05, 0.1) is 18.0 Å². The average molecular weight is 424 g/mol. The lowest BCUT2D eigenvalue weighted by Gasteiger charge is -2.09. The van der Waals surface area contributed by atoms with Crippen LogP contribution in [0.3, 0.4) is 0 Å². The van der Waals surface area contributed by atoms with Crippen LogP contribution in [0.4, 0.5) is 10.2 Å². The van der Waals surface area contributed by atoms with Gasteiger partial charge in [-0.3, -0.25) is 9.59 Å². The van der Waals surface area contributed by atoms with E-state index in [4.69, 9.17) is 4.74 Å². The molecule has 0 unspecified atom stereocenters. The molecule has 2 aromatic carbocycles. The number of benzene rings is 2. The van der Waals surface area contributed by atoms with Crippen molar-refractivity contribution in [2.45, 2.75) is 19.3 Å². The van der Waals surface area contributed by atoms with E-state index >= 15 is 0 Å². The van der Waals surface area contributed by atoms with Crippen molar-refractivity contribution in [3.05, 3.63) is 66.5 Å². The van der Waals surface area contributed by atoms with Crippen LogP contribution in [0.2, 0.25) is 0 Å². The third kappa shape index (κ3) is 6.48. The van der Waals surface area contributed by atoms with E-state index in [0.717, 1.165) is 5.56 Å². The first kappa shape index (κ1) is 22.2. The van der Waals surface area contributed by atoms with E-state index < -0.39 is 0 Å². The van der Waals surface area contributed by atoms with Gasteiger partial charge in [0, 0.05) is 38.1 Å². The molecule has 8 heteroatoms. The smallest absolute Gasteiger partial charge is 0.225 e. The molecule has 0 radical (unpaired) electrons. The van der Waals surface area contributed by atoms with Crippen LogP contribution in [0.5, 0.6) is 0 Å². The summed E-state index contributed by atoms with van der Waals surface area (Å²) >= 11 is 0. The number of methoxy groups -OCH3 is 1. The summed E-state index contributed by atoms with van der Waals surface area (Å²) in [5.41, 5.74) is 2.20. The van der Waals surface area contributed by atoms with Crippen molar-refractivity contribution in [2.24, 2.45) is 0 Å². The second kappa shape index (κ2) is 11.0. The molecule has 1 aromatic heterocycles. The summed E-state index contributed by atoms with van der Waals surface area (Å²) in [6.07, 6.45) is 0.859. The van der Waals surface area contributed by atoms with Crippen molar-refractivity contribution >= 4 is 17.6 Å². The van der Waals surface area contributed by atoms with Gasteiger partial charge in [-0.15, -0.1) is 0 Å². The molecular formula is C23H25FN4O3. The van der Waals surface area contributed by atoms with Crippen molar-refractivity contribution < 1.29 is 18.7 Å². The predicted octanol–water partition coefficient (Wildman–Crippen LogP) is 3.55. The zero-order valence-electron chi connectivity index (χ0n) is 17.3. The number of nitrogens with one attached hydrogen (secondary N) is 2. The number of anilines is 1. The molecule has 0 bridgehead atoms. The molecule has 1 heterocycles. The highest BCUT2D eigenvalue weighted by Crippen LogP contribution is 2.25. The van der Waals surface area contributed by atoms with Crippen LogP contribution in [0.15, 0.2) is 60.7 Å². The Morgan fingerprint density at radius 1 is 1.03 bits per heavy atom. The summed E-state index contributed by atoms with van der Waals surface area (Å²) in [6, 6.07) is 17.2. The third-order valence-corrected chi connectivity index (χ3v) is 4.55. The van der Waals surface area contributed by atoms with Gasteiger partial charge < -0.3 is 15.4 Å². The summed E-state index contributed by atoms with van der Waals surface area (Å²) in [4.78, 5) is 24.2. The molecule has 0 aliphatic rings. The largest absolute Gasteiger partial charge is 0.383 e. The number of hydrogen-bond acceptors (Lipinski definition) is 4. The quantitative estimate of drug-likeness (QED) is 0.488. The number of nitrogens with zero attached hydrogens (tertiary/aromatic N) is 2. The Morgan fingerprint density at radius 2 is 1.74 bits per heavy atom. The summed E-state index contributed by atoms with van der Waals surface area (Å²) in [5, 5.41) is 10.2. The fourth-order valence-corrected chi connectivity index (χ4v) is 2.99. The van der Waals surface area contributed by atoms with Gasteiger partial charge in [-0.25, -0.2) is 9.07 Å².